The van der Waals surface area contributed by atoms with Gasteiger partial charge in [-0.05, 0) is 23.5 Å². The molecule has 5 atom stereocenters. The molecule has 0 amide bonds. The molecule has 3 N–H and O–H groups in total. The van der Waals surface area contributed by atoms with Crippen molar-refractivity contribution in [3.8, 4) is 0 Å². The third-order valence-corrected chi connectivity index (χ3v) is 14.2. The molecular weight excluding hydrogens is 518 g/mol. The molecule has 36 heavy (non-hydrogen) atoms. The molecule has 2 aromatic heterocycles. The van der Waals surface area contributed by atoms with Crippen molar-refractivity contribution in [2.75, 3.05) is 12.3 Å². The van der Waals surface area contributed by atoms with Crippen LogP contribution in [0.3, 0.4) is 0 Å². The SMILES string of the molecule is CC(C)[Si](O[C@H]1[C@H](F)[C@H](n2nc(S[C@H](C)C(F)(F)F)c3c(N)ncnc32)O[C@@H]1CO)(C(C)C)C(C)C. The third kappa shape index (κ3) is 5.11. The van der Waals surface area contributed by atoms with Gasteiger partial charge in [0.15, 0.2) is 18.0 Å². The molecule has 1 aliphatic rings. The van der Waals surface area contributed by atoms with Crippen LogP contribution in [0.2, 0.25) is 16.6 Å². The number of hydrogen-bond donors (Lipinski definition) is 2. The summed E-state index contributed by atoms with van der Waals surface area (Å²) in [6.45, 7) is 12.9. The van der Waals surface area contributed by atoms with E-state index < -0.39 is 51.0 Å². The number of ether oxygens (including phenoxy) is 1. The van der Waals surface area contributed by atoms with Gasteiger partial charge in [0.2, 0.25) is 8.32 Å². The van der Waals surface area contributed by atoms with E-state index in [1.165, 1.54) is 0 Å². The standard InChI is InChI=1S/C22H35F4N5O3SSi/c1-10(2)36(11(3)4,12(5)6)34-17-14(8-32)33-21(16(17)23)31-19-15(18(27)28-9-29-19)20(30-31)35-13(7)22(24,25)26/h9-14,16-17,21,32H,8H2,1-7H3,(H2,27,28,29)/t13-,14-,16+,17-,21-/m1/s1. The predicted molar refractivity (Wildman–Crippen MR) is 133 cm³/mol. The molecule has 0 aliphatic carbocycles. The van der Waals surface area contributed by atoms with Gasteiger partial charge in [-0.2, -0.15) is 18.3 Å². The first kappa shape index (κ1) is 29.1. The lowest BCUT2D eigenvalue weighted by molar-refractivity contribution is -0.125. The summed E-state index contributed by atoms with van der Waals surface area (Å²) < 4.78 is 69.5. The van der Waals surface area contributed by atoms with Crippen molar-refractivity contribution in [1.82, 2.24) is 19.7 Å². The number of hydrogen-bond acceptors (Lipinski definition) is 8. The quantitative estimate of drug-likeness (QED) is 0.247. The van der Waals surface area contributed by atoms with Gasteiger partial charge in [-0.1, -0.05) is 53.3 Å². The minimum Gasteiger partial charge on any atom is -0.407 e. The molecular formula is C22H35F4N5O3SSi. The monoisotopic (exact) mass is 553 g/mol. The normalized spacial score (nSPS) is 24.5. The number of alkyl halides is 4. The Morgan fingerprint density at radius 3 is 2.22 bits per heavy atom. The van der Waals surface area contributed by atoms with Crippen LogP contribution in [0.15, 0.2) is 11.4 Å². The summed E-state index contributed by atoms with van der Waals surface area (Å²) in [5.41, 5.74) is 6.49. The van der Waals surface area contributed by atoms with Crippen LogP contribution in [-0.2, 0) is 9.16 Å². The molecule has 3 rings (SSSR count). The Morgan fingerprint density at radius 2 is 1.72 bits per heavy atom. The highest BCUT2D eigenvalue weighted by atomic mass is 32.2. The van der Waals surface area contributed by atoms with Crippen LogP contribution in [0.25, 0.3) is 11.0 Å². The zero-order valence-electron chi connectivity index (χ0n) is 21.5. The zero-order chi connectivity index (χ0) is 27.2. The van der Waals surface area contributed by atoms with Crippen molar-refractivity contribution in [2.24, 2.45) is 0 Å². The highest BCUT2D eigenvalue weighted by molar-refractivity contribution is 8.00. The molecule has 0 radical (unpaired) electrons. The molecule has 0 bridgehead atoms. The van der Waals surface area contributed by atoms with Crippen molar-refractivity contribution in [2.45, 2.75) is 106 Å². The molecule has 204 valence electrons. The maximum Gasteiger partial charge on any atom is 0.400 e. The van der Waals surface area contributed by atoms with Crippen LogP contribution in [0.1, 0.15) is 54.7 Å². The van der Waals surface area contributed by atoms with Crippen LogP contribution in [0.4, 0.5) is 23.4 Å². The van der Waals surface area contributed by atoms with E-state index in [9.17, 15) is 18.3 Å². The second kappa shape index (κ2) is 10.7. The summed E-state index contributed by atoms with van der Waals surface area (Å²) in [6.07, 6.45) is -8.57. The topological polar surface area (TPSA) is 108 Å². The van der Waals surface area contributed by atoms with Crippen molar-refractivity contribution in [1.29, 1.82) is 0 Å². The summed E-state index contributed by atoms with van der Waals surface area (Å²) in [5.74, 6) is -0.0751. The number of nitrogen functional groups attached to an aromatic ring is 1. The van der Waals surface area contributed by atoms with E-state index in [4.69, 9.17) is 14.9 Å². The molecule has 1 saturated heterocycles. The van der Waals surface area contributed by atoms with Gasteiger partial charge >= 0.3 is 6.18 Å². The summed E-state index contributed by atoms with van der Waals surface area (Å²) in [6, 6.07) is 0. The van der Waals surface area contributed by atoms with Gasteiger partial charge in [0.1, 0.15) is 34.6 Å². The van der Waals surface area contributed by atoms with Crippen LogP contribution in [0.5, 0.6) is 0 Å². The van der Waals surface area contributed by atoms with E-state index in [0.717, 1.165) is 17.9 Å². The lowest BCUT2D eigenvalue weighted by Crippen LogP contribution is -2.53. The molecule has 2 aromatic rings. The molecule has 0 spiro atoms. The first-order valence-corrected chi connectivity index (χ1v) is 15.0. The Balaban J connectivity index is 2.05. The van der Waals surface area contributed by atoms with E-state index in [1.807, 2.05) is 0 Å². The Labute approximate surface area is 213 Å². The number of aliphatic hydroxyl groups excluding tert-OH is 1. The summed E-state index contributed by atoms with van der Waals surface area (Å²) in [5, 5.41) is 12.5. The van der Waals surface area contributed by atoms with Gasteiger partial charge < -0.3 is 20.0 Å². The molecule has 14 heteroatoms. The molecule has 0 aromatic carbocycles. The minimum absolute atomic E-state index is 0.0458. The van der Waals surface area contributed by atoms with E-state index in [1.54, 1.807) is 0 Å². The Kier molecular flexibility index (Phi) is 8.65. The van der Waals surface area contributed by atoms with Gasteiger partial charge in [-0.3, -0.25) is 0 Å². The van der Waals surface area contributed by atoms with Crippen molar-refractivity contribution in [3.05, 3.63) is 6.33 Å². The fraction of sp³-hybridized carbons (Fsp3) is 0.773. The molecule has 8 nitrogen and oxygen atoms in total. The van der Waals surface area contributed by atoms with Gasteiger partial charge in [-0.25, -0.2) is 19.0 Å². The van der Waals surface area contributed by atoms with Crippen LogP contribution in [-0.4, -0.2) is 69.6 Å². The zero-order valence-corrected chi connectivity index (χ0v) is 23.3. The highest BCUT2D eigenvalue weighted by Gasteiger charge is 2.54. The van der Waals surface area contributed by atoms with Crippen molar-refractivity contribution in [3.63, 3.8) is 0 Å². The summed E-state index contributed by atoms with van der Waals surface area (Å²) >= 11 is 0.435. The fourth-order valence-corrected chi connectivity index (χ4v) is 11.8. The Hall–Kier alpha value is -1.48. The predicted octanol–water partition coefficient (Wildman–Crippen LogP) is 5.24. The van der Waals surface area contributed by atoms with E-state index >= 15 is 4.39 Å². The maximum atomic E-state index is 16.1. The number of nitrogens with two attached hydrogens (primary N) is 1. The average molecular weight is 554 g/mol. The third-order valence-electron chi connectivity index (χ3n) is 6.97. The molecule has 1 fully saturated rings. The van der Waals surface area contributed by atoms with Crippen LogP contribution in [0, 0.1) is 0 Å². The number of anilines is 1. The smallest absolute Gasteiger partial charge is 0.400 e. The fourth-order valence-electron chi connectivity index (χ4n) is 5.28. The number of fused-ring (bicyclic) bond motifs is 1. The minimum atomic E-state index is -4.49. The van der Waals surface area contributed by atoms with E-state index in [-0.39, 0.29) is 38.5 Å². The number of halogens is 4. The number of aromatic nitrogens is 4. The maximum absolute atomic E-state index is 16.1. The molecule has 1 aliphatic heterocycles. The lowest BCUT2D eigenvalue weighted by atomic mass is 10.1. The Bertz CT molecular complexity index is 1030. The second-order valence-corrected chi connectivity index (χ2v) is 16.8. The summed E-state index contributed by atoms with van der Waals surface area (Å²) in [7, 11) is -2.56. The second-order valence-electron chi connectivity index (χ2n) is 10.1. The molecule has 0 saturated carbocycles. The first-order valence-electron chi connectivity index (χ1n) is 12.0. The van der Waals surface area contributed by atoms with Crippen molar-refractivity contribution >= 4 is 36.9 Å². The average Bonchev–Trinajstić information content (AvgIpc) is 3.28. The Morgan fingerprint density at radius 1 is 1.14 bits per heavy atom. The van der Waals surface area contributed by atoms with Gasteiger partial charge in [0.25, 0.3) is 0 Å². The number of aliphatic hydroxyl groups is 1. The summed E-state index contributed by atoms with van der Waals surface area (Å²) in [4.78, 5) is 7.99. The number of rotatable bonds is 9. The number of thioether (sulfide) groups is 1. The van der Waals surface area contributed by atoms with Gasteiger partial charge in [0.05, 0.1) is 12.0 Å². The number of nitrogens with zero attached hydrogens (tertiary/aromatic N) is 4. The largest absolute Gasteiger partial charge is 0.407 e. The van der Waals surface area contributed by atoms with E-state index in [0.29, 0.717) is 11.8 Å². The van der Waals surface area contributed by atoms with Crippen molar-refractivity contribution < 1.29 is 31.8 Å². The van der Waals surface area contributed by atoms with Crippen LogP contribution < -0.4 is 5.73 Å². The molecule has 0 unspecified atom stereocenters. The highest BCUT2D eigenvalue weighted by Crippen LogP contribution is 2.47. The van der Waals surface area contributed by atoms with Gasteiger partial charge in [-0.15, -0.1) is 0 Å². The first-order chi connectivity index (χ1) is 16.7. The lowest BCUT2D eigenvalue weighted by Gasteiger charge is -2.44. The molecule has 3 heterocycles. The van der Waals surface area contributed by atoms with Gasteiger partial charge in [0, 0.05) is 0 Å². The van der Waals surface area contributed by atoms with E-state index in [2.05, 4.69) is 56.6 Å². The van der Waals surface area contributed by atoms with Crippen LogP contribution >= 0.6 is 11.8 Å².